The van der Waals surface area contributed by atoms with Crippen LogP contribution in [0, 0.1) is 55.4 Å². The zero-order valence-corrected chi connectivity index (χ0v) is 41.6. The molecule has 60 heavy (non-hydrogen) atoms. The molecule has 0 amide bonds. The molecule has 6 rings (SSSR count). The average molecular weight is 970 g/mol. The monoisotopic (exact) mass is 970 g/mol. The van der Waals surface area contributed by atoms with Gasteiger partial charge in [-0.1, -0.05) is 112 Å². The molecule has 0 unspecified atom stereocenters. The van der Waals surface area contributed by atoms with E-state index in [4.69, 9.17) is 9.47 Å². The molecule has 316 valence electrons. The van der Waals surface area contributed by atoms with Crippen LogP contribution in [0.1, 0.15) is 89.8 Å². The van der Waals surface area contributed by atoms with Gasteiger partial charge in [0.05, 0.1) is 12.2 Å². The molecule has 4 nitrogen and oxygen atoms in total. The fourth-order valence-corrected chi connectivity index (χ4v) is 8.61. The number of hydrogen-bond acceptors (Lipinski definition) is 4. The maximum Gasteiger partial charge on any atom is 0.127 e. The van der Waals surface area contributed by atoms with Gasteiger partial charge in [-0.25, -0.2) is 0 Å². The van der Waals surface area contributed by atoms with Crippen molar-refractivity contribution in [2.45, 2.75) is 98.7 Å². The van der Waals surface area contributed by atoms with Crippen LogP contribution >= 0.6 is 0 Å². The number of para-hydroxylation sites is 2. The maximum atomic E-state index is 11.8. The fraction of sp³-hybridized carbons (Fsp3) is 0.309. The van der Waals surface area contributed by atoms with E-state index in [-0.39, 0.29) is 49.6 Å². The summed E-state index contributed by atoms with van der Waals surface area (Å²) < 4.78 is 12.4. The first kappa shape index (κ1) is 49.8. The van der Waals surface area contributed by atoms with Crippen molar-refractivity contribution in [3.05, 3.63) is 191 Å². The van der Waals surface area contributed by atoms with E-state index in [0.717, 1.165) is 66.8 Å². The molecule has 0 aliphatic heterocycles. The Hall–Kier alpha value is -4.55. The van der Waals surface area contributed by atoms with Crippen LogP contribution in [0.3, 0.4) is 0 Å². The summed E-state index contributed by atoms with van der Waals surface area (Å²) in [4.78, 5) is 0. The van der Waals surface area contributed by atoms with Crippen LogP contribution in [-0.4, -0.2) is 36.6 Å². The molecule has 0 bridgehead atoms. The summed E-state index contributed by atoms with van der Waals surface area (Å²) in [6.45, 7) is 28.5. The number of hydrogen-bond donors (Lipinski definition) is 2. The fourth-order valence-electron chi connectivity index (χ4n) is 8.61. The number of phenolic OH excluding ortho intramolecular Hbond substituents is 2. The minimum absolute atomic E-state index is 0. The molecule has 0 aromatic heterocycles. The van der Waals surface area contributed by atoms with Gasteiger partial charge in [-0.3, -0.25) is 0 Å². The summed E-state index contributed by atoms with van der Waals surface area (Å²) in [5.41, 5.74) is 13.4. The van der Waals surface area contributed by atoms with E-state index in [9.17, 15) is 10.2 Å². The molecule has 0 saturated carbocycles. The zero-order chi connectivity index (χ0) is 43.7. The summed E-state index contributed by atoms with van der Waals surface area (Å²) in [7, 11) is 3.45. The molecule has 0 aliphatic rings. The average Bonchev–Trinajstić information content (AvgIpc) is 3.16. The zero-order valence-electron chi connectivity index (χ0n) is 38.0. The van der Waals surface area contributed by atoms with Crippen LogP contribution in [0.4, 0.5) is 0 Å². The number of benzene rings is 6. The second kappa shape index (κ2) is 21.8. The molecule has 2 atom stereocenters. The van der Waals surface area contributed by atoms with E-state index in [1.54, 1.807) is 14.2 Å². The Labute approximate surface area is 380 Å². The third-order valence-electron chi connectivity index (χ3n) is 11.6. The minimum atomic E-state index is -0.561. The number of aryl methyl sites for hydroxylation is 6. The molecule has 0 fully saturated rings. The van der Waals surface area contributed by atoms with Crippen molar-refractivity contribution < 1.29 is 45.5 Å². The number of phenols is 2. The molecule has 6 aromatic carbocycles. The Morgan fingerprint density at radius 3 is 1.03 bits per heavy atom. The van der Waals surface area contributed by atoms with Crippen LogP contribution in [0.5, 0.6) is 11.5 Å². The minimum Gasteiger partial charge on any atom is -0.507 e. The maximum absolute atomic E-state index is 11.8. The third kappa shape index (κ3) is 11.8. The van der Waals surface area contributed by atoms with Gasteiger partial charge in [0, 0.05) is 79.6 Å². The quantitative estimate of drug-likeness (QED) is 0.106. The van der Waals surface area contributed by atoms with Gasteiger partial charge in [-0.2, -0.15) is 49.2 Å². The van der Waals surface area contributed by atoms with Crippen LogP contribution in [-0.2, 0) is 46.1 Å². The van der Waals surface area contributed by atoms with Crippen molar-refractivity contribution in [3.8, 4) is 33.8 Å². The molecular weight excluding hydrogens is 903 g/mol. The number of aromatic hydroxyl groups is 2. The van der Waals surface area contributed by atoms with Gasteiger partial charge in [-0.15, -0.1) is 24.3 Å². The number of ether oxygens (including phenoxy) is 2. The van der Waals surface area contributed by atoms with Crippen LogP contribution < -0.4 is 0 Å². The van der Waals surface area contributed by atoms with Crippen molar-refractivity contribution in [2.24, 2.45) is 0 Å². The third-order valence-corrected chi connectivity index (χ3v) is 11.6. The van der Waals surface area contributed by atoms with E-state index in [2.05, 4.69) is 107 Å². The van der Waals surface area contributed by atoms with Crippen molar-refractivity contribution in [1.29, 1.82) is 0 Å². The van der Waals surface area contributed by atoms with Crippen molar-refractivity contribution >= 4 is 0 Å². The Morgan fingerprint density at radius 1 is 0.483 bits per heavy atom. The molecule has 0 heterocycles. The molecule has 0 aliphatic carbocycles. The predicted molar refractivity (Wildman–Crippen MR) is 250 cm³/mol. The first-order valence-corrected chi connectivity index (χ1v) is 20.5. The molecule has 0 saturated heterocycles. The molecular formula is C55H66HfO4-2. The molecule has 5 heteroatoms. The van der Waals surface area contributed by atoms with Gasteiger partial charge in [0.1, 0.15) is 11.5 Å². The molecule has 6 aromatic rings. The standard InChI is InChI=1S/C41H52O4.2C7H7.Hf/c1-24-19-26(3)36(27(4)20-24)30-15-13-17-32(38(30)42)40(7,8)34(44-11)23-35(45-12)41(9,10)33-18-14-16-31(39(33)43)37-28(5)21-25(2)22-29(37)6;2*1-7-5-3-2-4-6-7;/h13-22,34-35,42-43H,23H2,1-12H3;2*2-6H,1H2;/q;2*-1;/t34-,35-;;;/m0.../s1. The smallest absolute Gasteiger partial charge is 0.127 e. The van der Waals surface area contributed by atoms with E-state index in [1.165, 1.54) is 11.1 Å². The molecule has 0 radical (unpaired) electrons. The van der Waals surface area contributed by atoms with E-state index < -0.39 is 10.8 Å². The second-order valence-corrected chi connectivity index (χ2v) is 17.0. The predicted octanol–water partition coefficient (Wildman–Crippen LogP) is 13.7. The first-order valence-electron chi connectivity index (χ1n) is 20.5. The summed E-state index contributed by atoms with van der Waals surface area (Å²) in [6, 6.07) is 40.4. The Morgan fingerprint density at radius 2 is 0.783 bits per heavy atom. The normalized spacial score (nSPS) is 12.2. The van der Waals surface area contributed by atoms with Crippen molar-refractivity contribution in [2.75, 3.05) is 14.2 Å². The molecule has 0 spiro atoms. The van der Waals surface area contributed by atoms with Crippen LogP contribution in [0.2, 0.25) is 0 Å². The number of rotatable bonds is 10. The Bertz CT molecular complexity index is 2080. The van der Waals surface area contributed by atoms with Gasteiger partial charge in [0.25, 0.3) is 0 Å². The van der Waals surface area contributed by atoms with Gasteiger partial charge < -0.3 is 19.7 Å². The topological polar surface area (TPSA) is 58.9 Å². The van der Waals surface area contributed by atoms with Crippen LogP contribution in [0.15, 0.2) is 121 Å². The Kier molecular flexibility index (Phi) is 18.1. The van der Waals surface area contributed by atoms with Gasteiger partial charge >= 0.3 is 0 Å². The first-order chi connectivity index (χ1) is 27.8. The van der Waals surface area contributed by atoms with Gasteiger partial charge in [0.15, 0.2) is 0 Å². The van der Waals surface area contributed by atoms with Crippen LogP contribution in [0.25, 0.3) is 22.3 Å². The van der Waals surface area contributed by atoms with Gasteiger partial charge in [-0.05, 0) is 74.9 Å². The summed E-state index contributed by atoms with van der Waals surface area (Å²) in [5, 5.41) is 23.6. The summed E-state index contributed by atoms with van der Waals surface area (Å²) in [5.74, 6) is 0.559. The summed E-state index contributed by atoms with van der Waals surface area (Å²) in [6.07, 6.45) is -0.0455. The van der Waals surface area contributed by atoms with E-state index >= 15 is 0 Å². The van der Waals surface area contributed by atoms with Crippen molar-refractivity contribution in [3.63, 3.8) is 0 Å². The summed E-state index contributed by atoms with van der Waals surface area (Å²) >= 11 is 0. The SMILES string of the molecule is CO[C@@H](C[C@H](OC)C(C)(C)c1cccc(-c2c(C)cc(C)cc2C)c1O)C(C)(C)c1cccc(-c2c(C)cc(C)cc2C)c1O.[CH2-]c1ccccc1.[CH2-]c1ccccc1.[Hf]. The van der Waals surface area contributed by atoms with E-state index in [1.807, 2.05) is 97.1 Å². The largest absolute Gasteiger partial charge is 0.507 e. The van der Waals surface area contributed by atoms with Crippen molar-refractivity contribution in [1.82, 2.24) is 0 Å². The Balaban J connectivity index is 0.000000537. The van der Waals surface area contributed by atoms with Gasteiger partial charge in [0.2, 0.25) is 0 Å². The van der Waals surface area contributed by atoms with E-state index in [0.29, 0.717) is 6.42 Å². The second-order valence-electron chi connectivity index (χ2n) is 17.0. The molecule has 2 N–H and O–H groups in total. The number of methoxy groups -OCH3 is 2.